The Bertz CT molecular complexity index is 427. The third-order valence-electron chi connectivity index (χ3n) is 1.70. The maximum Gasteiger partial charge on any atom is 0.250 e. The van der Waals surface area contributed by atoms with Gasteiger partial charge >= 0.3 is 0 Å². The minimum atomic E-state index is -3.40. The van der Waals surface area contributed by atoms with E-state index in [1.807, 2.05) is 6.26 Å². The van der Waals surface area contributed by atoms with E-state index in [1.54, 1.807) is 11.8 Å². The van der Waals surface area contributed by atoms with Crippen LogP contribution in [0, 0.1) is 0 Å². The summed E-state index contributed by atoms with van der Waals surface area (Å²) in [6.45, 7) is 0.455. The SMILES string of the molecule is CSCCCNS(=O)(=O)c1cc(Cl)c(Br)s1. The molecule has 0 aromatic carbocycles. The fourth-order valence-electron chi connectivity index (χ4n) is 0.953. The van der Waals surface area contributed by atoms with Gasteiger partial charge in [0, 0.05) is 6.54 Å². The van der Waals surface area contributed by atoms with Crippen molar-refractivity contribution < 1.29 is 8.42 Å². The van der Waals surface area contributed by atoms with Crippen molar-refractivity contribution in [1.29, 1.82) is 0 Å². The lowest BCUT2D eigenvalue weighted by molar-refractivity contribution is 0.583. The van der Waals surface area contributed by atoms with Gasteiger partial charge in [-0.25, -0.2) is 13.1 Å². The molecule has 0 spiro atoms. The van der Waals surface area contributed by atoms with Gasteiger partial charge in [-0.1, -0.05) is 11.6 Å². The Morgan fingerprint density at radius 1 is 1.62 bits per heavy atom. The molecule has 0 aliphatic carbocycles. The Kier molecular flexibility index (Phi) is 6.11. The lowest BCUT2D eigenvalue weighted by atomic mass is 10.5. The van der Waals surface area contributed by atoms with Crippen LogP contribution in [0.5, 0.6) is 0 Å². The molecule has 1 N–H and O–H groups in total. The highest BCUT2D eigenvalue weighted by atomic mass is 79.9. The summed E-state index contributed by atoms with van der Waals surface area (Å²) in [5.74, 6) is 0.942. The zero-order valence-corrected chi connectivity index (χ0v) is 13.3. The van der Waals surface area contributed by atoms with Gasteiger partial charge in [0.1, 0.15) is 4.21 Å². The molecule has 16 heavy (non-hydrogen) atoms. The summed E-state index contributed by atoms with van der Waals surface area (Å²) in [6, 6.07) is 1.45. The molecule has 0 aliphatic rings. The Morgan fingerprint density at radius 3 is 2.81 bits per heavy atom. The number of halogens is 2. The maximum absolute atomic E-state index is 11.8. The highest BCUT2D eigenvalue weighted by Gasteiger charge is 2.18. The van der Waals surface area contributed by atoms with E-state index in [0.29, 0.717) is 15.4 Å². The van der Waals surface area contributed by atoms with E-state index in [-0.39, 0.29) is 4.21 Å². The van der Waals surface area contributed by atoms with Crippen LogP contribution in [-0.4, -0.2) is 27.0 Å². The topological polar surface area (TPSA) is 46.2 Å². The Morgan fingerprint density at radius 2 is 2.31 bits per heavy atom. The van der Waals surface area contributed by atoms with Crippen LogP contribution in [0.4, 0.5) is 0 Å². The average molecular weight is 365 g/mol. The normalized spacial score (nSPS) is 11.9. The fraction of sp³-hybridized carbons (Fsp3) is 0.500. The molecule has 1 aromatic heterocycles. The molecule has 92 valence electrons. The smallest absolute Gasteiger partial charge is 0.210 e. The summed E-state index contributed by atoms with van der Waals surface area (Å²) in [5, 5.41) is 0.425. The largest absolute Gasteiger partial charge is 0.250 e. The predicted octanol–water partition coefficient (Wildman–Crippen LogP) is 3.20. The van der Waals surface area contributed by atoms with Gasteiger partial charge in [-0.3, -0.25) is 0 Å². The second-order valence-corrected chi connectivity index (χ2v) is 8.69. The summed E-state index contributed by atoms with van der Waals surface area (Å²) in [5.41, 5.74) is 0. The molecule has 0 saturated carbocycles. The highest BCUT2D eigenvalue weighted by Crippen LogP contribution is 2.34. The van der Waals surface area contributed by atoms with Crippen molar-refractivity contribution in [3.63, 3.8) is 0 Å². The van der Waals surface area contributed by atoms with Crippen LogP contribution in [0.15, 0.2) is 14.1 Å². The first-order chi connectivity index (χ1) is 7.47. The molecule has 1 rings (SSSR count). The van der Waals surface area contributed by atoms with Crippen LogP contribution in [0.25, 0.3) is 0 Å². The lowest BCUT2D eigenvalue weighted by Crippen LogP contribution is -2.24. The van der Waals surface area contributed by atoms with E-state index in [9.17, 15) is 8.42 Å². The third kappa shape index (κ3) is 4.19. The van der Waals surface area contributed by atoms with E-state index in [4.69, 9.17) is 11.6 Å². The summed E-state index contributed by atoms with van der Waals surface area (Å²) >= 11 is 11.8. The summed E-state index contributed by atoms with van der Waals surface area (Å²) in [4.78, 5) is 0. The van der Waals surface area contributed by atoms with Crippen molar-refractivity contribution in [3.05, 3.63) is 14.9 Å². The van der Waals surface area contributed by atoms with E-state index in [1.165, 1.54) is 6.07 Å². The van der Waals surface area contributed by atoms with Gasteiger partial charge in [0.05, 0.1) is 8.81 Å². The van der Waals surface area contributed by atoms with Crippen molar-refractivity contribution in [2.24, 2.45) is 0 Å². The highest BCUT2D eigenvalue weighted by molar-refractivity contribution is 9.11. The Balaban J connectivity index is 2.64. The van der Waals surface area contributed by atoms with Gasteiger partial charge in [-0.05, 0) is 40.4 Å². The predicted molar refractivity (Wildman–Crippen MR) is 75.2 cm³/mol. The van der Waals surface area contributed by atoms with Crippen LogP contribution in [0.3, 0.4) is 0 Å². The maximum atomic E-state index is 11.8. The van der Waals surface area contributed by atoms with Crippen LogP contribution in [0.2, 0.25) is 5.02 Å². The van der Waals surface area contributed by atoms with Gasteiger partial charge < -0.3 is 0 Å². The zero-order valence-electron chi connectivity index (χ0n) is 8.50. The molecule has 0 aliphatic heterocycles. The zero-order chi connectivity index (χ0) is 12.2. The molecule has 1 aromatic rings. The van der Waals surface area contributed by atoms with Crippen LogP contribution in [0.1, 0.15) is 6.42 Å². The van der Waals surface area contributed by atoms with Crippen molar-refractivity contribution in [2.45, 2.75) is 10.6 Å². The summed E-state index contributed by atoms with van der Waals surface area (Å²) in [7, 11) is -3.40. The van der Waals surface area contributed by atoms with Crippen LogP contribution < -0.4 is 4.72 Å². The van der Waals surface area contributed by atoms with Crippen LogP contribution in [-0.2, 0) is 10.0 Å². The number of rotatable bonds is 6. The van der Waals surface area contributed by atoms with Gasteiger partial charge in [-0.15, -0.1) is 11.3 Å². The quantitative estimate of drug-likeness (QED) is 0.789. The van der Waals surface area contributed by atoms with Gasteiger partial charge in [0.15, 0.2) is 0 Å². The fourth-order valence-corrected chi connectivity index (χ4v) is 4.90. The van der Waals surface area contributed by atoms with Gasteiger partial charge in [0.2, 0.25) is 10.0 Å². The number of hydrogen-bond acceptors (Lipinski definition) is 4. The number of hydrogen-bond donors (Lipinski definition) is 1. The van der Waals surface area contributed by atoms with E-state index in [0.717, 1.165) is 23.5 Å². The Labute approximate surface area is 117 Å². The van der Waals surface area contributed by atoms with Crippen molar-refractivity contribution >= 4 is 60.7 Å². The molecule has 0 amide bonds. The Hall–Kier alpha value is 0.730. The lowest BCUT2D eigenvalue weighted by Gasteiger charge is -2.03. The molecule has 0 unspecified atom stereocenters. The van der Waals surface area contributed by atoms with Gasteiger partial charge in [-0.2, -0.15) is 11.8 Å². The molecule has 8 heteroatoms. The van der Waals surface area contributed by atoms with Crippen LogP contribution >= 0.6 is 50.6 Å². The first-order valence-corrected chi connectivity index (χ1v) is 9.27. The second-order valence-electron chi connectivity index (χ2n) is 2.93. The first kappa shape index (κ1) is 14.8. The molecule has 0 radical (unpaired) electrons. The van der Waals surface area contributed by atoms with Crippen molar-refractivity contribution in [2.75, 3.05) is 18.6 Å². The minimum Gasteiger partial charge on any atom is -0.210 e. The third-order valence-corrected chi connectivity index (χ3v) is 6.81. The number of nitrogens with one attached hydrogen (secondary N) is 1. The van der Waals surface area contributed by atoms with E-state index in [2.05, 4.69) is 20.7 Å². The van der Waals surface area contributed by atoms with E-state index < -0.39 is 10.0 Å². The number of sulfonamides is 1. The molecule has 0 fully saturated rings. The van der Waals surface area contributed by atoms with Crippen molar-refractivity contribution in [1.82, 2.24) is 4.72 Å². The molecular formula is C8H11BrClNO2S3. The van der Waals surface area contributed by atoms with Crippen molar-refractivity contribution in [3.8, 4) is 0 Å². The number of thioether (sulfide) groups is 1. The molecule has 1 heterocycles. The monoisotopic (exact) mass is 363 g/mol. The molecule has 0 saturated heterocycles. The molecule has 3 nitrogen and oxygen atoms in total. The van der Waals surface area contributed by atoms with E-state index >= 15 is 0 Å². The minimum absolute atomic E-state index is 0.244. The first-order valence-electron chi connectivity index (χ1n) is 4.41. The second kappa shape index (κ2) is 6.61. The molecular weight excluding hydrogens is 354 g/mol. The molecule has 0 atom stereocenters. The summed E-state index contributed by atoms with van der Waals surface area (Å²) in [6.07, 6.45) is 2.81. The molecule has 0 bridgehead atoms. The summed E-state index contributed by atoms with van der Waals surface area (Å²) < 4.78 is 27.0. The standard InChI is InChI=1S/C8H11BrClNO2S3/c1-14-4-2-3-11-16(12,13)7-5-6(10)8(9)15-7/h5,11H,2-4H2,1H3. The van der Waals surface area contributed by atoms with Gasteiger partial charge in [0.25, 0.3) is 0 Å². The average Bonchev–Trinajstić information content (AvgIpc) is 2.55. The number of thiophene rings is 1.